The molecule has 0 aliphatic heterocycles. The zero-order chi connectivity index (χ0) is 15.9. The summed E-state index contributed by atoms with van der Waals surface area (Å²) in [5, 5.41) is 3.56. The molecule has 0 bridgehead atoms. The van der Waals surface area contributed by atoms with Crippen molar-refractivity contribution in [3.05, 3.63) is 65.2 Å². The third-order valence-electron chi connectivity index (χ3n) is 2.79. The van der Waals surface area contributed by atoms with Gasteiger partial charge < -0.3 is 4.74 Å². The minimum Gasteiger partial charge on any atom is -0.494 e. The summed E-state index contributed by atoms with van der Waals surface area (Å²) in [6.45, 7) is 2.39. The standard InChI is InChI=1S/C16H14F2N2O2/c1-2-22-12-8-6-11(7-9-12)16(21)20-19-10-13-14(17)4-3-5-15(13)18/h3-10H,2H2,1H3,(H,20,21)/b19-10+. The van der Waals surface area contributed by atoms with Crippen LogP contribution in [-0.4, -0.2) is 18.7 Å². The Labute approximate surface area is 126 Å². The van der Waals surface area contributed by atoms with Crippen molar-refractivity contribution in [3.63, 3.8) is 0 Å². The lowest BCUT2D eigenvalue weighted by molar-refractivity contribution is 0.0955. The van der Waals surface area contributed by atoms with Gasteiger partial charge >= 0.3 is 0 Å². The molecule has 0 aromatic heterocycles. The van der Waals surface area contributed by atoms with Crippen LogP contribution >= 0.6 is 0 Å². The molecule has 0 radical (unpaired) electrons. The molecule has 2 rings (SSSR count). The average molecular weight is 304 g/mol. The number of carbonyl (C=O) groups is 1. The number of hydrogen-bond donors (Lipinski definition) is 1. The molecule has 114 valence electrons. The lowest BCUT2D eigenvalue weighted by atomic mass is 10.2. The average Bonchev–Trinajstić information content (AvgIpc) is 2.51. The van der Waals surface area contributed by atoms with Crippen LogP contribution in [-0.2, 0) is 0 Å². The van der Waals surface area contributed by atoms with Gasteiger partial charge in [0.25, 0.3) is 5.91 Å². The summed E-state index contributed by atoms with van der Waals surface area (Å²) in [6, 6.07) is 9.91. The smallest absolute Gasteiger partial charge is 0.271 e. The third-order valence-corrected chi connectivity index (χ3v) is 2.79. The summed E-state index contributed by atoms with van der Waals surface area (Å²) in [4.78, 5) is 11.8. The van der Waals surface area contributed by atoms with Crippen molar-refractivity contribution in [2.45, 2.75) is 6.92 Å². The molecule has 1 amide bonds. The summed E-state index contributed by atoms with van der Waals surface area (Å²) in [6.07, 6.45) is 0.928. The second-order valence-corrected chi connectivity index (χ2v) is 4.29. The summed E-state index contributed by atoms with van der Waals surface area (Å²) in [7, 11) is 0. The number of rotatable bonds is 5. The van der Waals surface area contributed by atoms with Crippen LogP contribution in [0.1, 0.15) is 22.8 Å². The SMILES string of the molecule is CCOc1ccc(C(=O)N/N=C/c2c(F)cccc2F)cc1. The first-order valence-electron chi connectivity index (χ1n) is 6.62. The fourth-order valence-corrected chi connectivity index (χ4v) is 1.72. The van der Waals surface area contributed by atoms with E-state index in [1.807, 2.05) is 6.92 Å². The zero-order valence-electron chi connectivity index (χ0n) is 11.8. The molecular formula is C16H14F2N2O2. The number of nitrogens with zero attached hydrogens (tertiary/aromatic N) is 1. The van der Waals surface area contributed by atoms with Crippen molar-refractivity contribution < 1.29 is 18.3 Å². The number of carbonyl (C=O) groups excluding carboxylic acids is 1. The summed E-state index contributed by atoms with van der Waals surface area (Å²) in [5.41, 5.74) is 2.26. The number of nitrogens with one attached hydrogen (secondary N) is 1. The quantitative estimate of drug-likeness (QED) is 0.681. The highest BCUT2D eigenvalue weighted by molar-refractivity contribution is 5.95. The Morgan fingerprint density at radius 1 is 1.18 bits per heavy atom. The van der Waals surface area contributed by atoms with E-state index in [4.69, 9.17) is 4.74 Å². The van der Waals surface area contributed by atoms with E-state index in [2.05, 4.69) is 10.5 Å². The number of benzene rings is 2. The minimum absolute atomic E-state index is 0.311. The van der Waals surface area contributed by atoms with Gasteiger partial charge in [0.15, 0.2) is 0 Å². The second kappa shape index (κ2) is 7.31. The maximum atomic E-state index is 13.4. The summed E-state index contributed by atoms with van der Waals surface area (Å²) < 4.78 is 32.0. The molecule has 6 heteroatoms. The molecule has 0 fully saturated rings. The Bertz CT molecular complexity index is 665. The molecule has 4 nitrogen and oxygen atoms in total. The molecule has 0 aliphatic rings. The molecule has 0 saturated heterocycles. The first kappa shape index (κ1) is 15.6. The molecule has 0 spiro atoms. The number of halogens is 2. The molecule has 2 aromatic carbocycles. The lowest BCUT2D eigenvalue weighted by Gasteiger charge is -2.04. The van der Waals surface area contributed by atoms with Gasteiger partial charge in [0.2, 0.25) is 0 Å². The second-order valence-electron chi connectivity index (χ2n) is 4.29. The van der Waals surface area contributed by atoms with E-state index in [1.165, 1.54) is 6.07 Å². The predicted molar refractivity (Wildman–Crippen MR) is 79.0 cm³/mol. The molecule has 22 heavy (non-hydrogen) atoms. The Balaban J connectivity index is 2.01. The zero-order valence-corrected chi connectivity index (χ0v) is 11.8. The Hall–Kier alpha value is -2.76. The molecule has 0 aliphatic carbocycles. The maximum absolute atomic E-state index is 13.4. The third kappa shape index (κ3) is 3.88. The van der Waals surface area contributed by atoms with Crippen molar-refractivity contribution in [2.24, 2.45) is 5.10 Å². The first-order valence-corrected chi connectivity index (χ1v) is 6.62. The maximum Gasteiger partial charge on any atom is 0.271 e. The van der Waals surface area contributed by atoms with Gasteiger partial charge in [-0.05, 0) is 43.3 Å². The van der Waals surface area contributed by atoms with Crippen LogP contribution in [0.2, 0.25) is 0 Å². The Kier molecular flexibility index (Phi) is 5.19. The van der Waals surface area contributed by atoms with E-state index in [0.29, 0.717) is 17.9 Å². The van der Waals surface area contributed by atoms with E-state index < -0.39 is 17.5 Å². The van der Waals surface area contributed by atoms with Gasteiger partial charge in [0.1, 0.15) is 17.4 Å². The lowest BCUT2D eigenvalue weighted by Crippen LogP contribution is -2.17. The van der Waals surface area contributed by atoms with Crippen molar-refractivity contribution >= 4 is 12.1 Å². The monoisotopic (exact) mass is 304 g/mol. The number of ether oxygens (including phenoxy) is 1. The minimum atomic E-state index is -0.751. The largest absolute Gasteiger partial charge is 0.494 e. The van der Waals surface area contributed by atoms with Crippen LogP contribution < -0.4 is 10.2 Å². The predicted octanol–water partition coefficient (Wildman–Crippen LogP) is 3.13. The van der Waals surface area contributed by atoms with Crippen LogP contribution in [0.15, 0.2) is 47.6 Å². The normalized spacial score (nSPS) is 10.7. The highest BCUT2D eigenvalue weighted by Gasteiger charge is 2.07. The van der Waals surface area contributed by atoms with Crippen LogP contribution in [0, 0.1) is 11.6 Å². The van der Waals surface area contributed by atoms with Gasteiger partial charge in [-0.25, -0.2) is 14.2 Å². The summed E-state index contributed by atoms with van der Waals surface area (Å²) >= 11 is 0. The van der Waals surface area contributed by atoms with Crippen LogP contribution in [0.3, 0.4) is 0 Å². The topological polar surface area (TPSA) is 50.7 Å². The van der Waals surface area contributed by atoms with Gasteiger partial charge in [-0.15, -0.1) is 0 Å². The molecular weight excluding hydrogens is 290 g/mol. The highest BCUT2D eigenvalue weighted by atomic mass is 19.1. The molecule has 0 unspecified atom stereocenters. The van der Waals surface area contributed by atoms with Gasteiger partial charge in [0, 0.05) is 5.56 Å². The van der Waals surface area contributed by atoms with Crippen molar-refractivity contribution in [1.82, 2.24) is 5.43 Å². The molecule has 2 aromatic rings. The number of hydrazone groups is 1. The molecule has 0 atom stereocenters. The molecule has 0 heterocycles. The van der Waals surface area contributed by atoms with E-state index in [1.54, 1.807) is 24.3 Å². The van der Waals surface area contributed by atoms with E-state index in [0.717, 1.165) is 18.3 Å². The molecule has 1 N–H and O–H groups in total. The fraction of sp³-hybridized carbons (Fsp3) is 0.125. The first-order chi connectivity index (χ1) is 10.6. The van der Waals surface area contributed by atoms with Crippen molar-refractivity contribution in [2.75, 3.05) is 6.61 Å². The van der Waals surface area contributed by atoms with Crippen molar-refractivity contribution in [1.29, 1.82) is 0 Å². The van der Waals surface area contributed by atoms with Crippen LogP contribution in [0.4, 0.5) is 8.78 Å². The fourth-order valence-electron chi connectivity index (χ4n) is 1.72. The number of amides is 1. The van der Waals surface area contributed by atoms with Crippen LogP contribution in [0.25, 0.3) is 0 Å². The summed E-state index contributed by atoms with van der Waals surface area (Å²) in [5.74, 6) is -1.34. The van der Waals surface area contributed by atoms with Crippen LogP contribution in [0.5, 0.6) is 5.75 Å². The van der Waals surface area contributed by atoms with Gasteiger partial charge in [-0.3, -0.25) is 4.79 Å². The van der Waals surface area contributed by atoms with E-state index in [-0.39, 0.29) is 5.56 Å². The Morgan fingerprint density at radius 2 is 1.82 bits per heavy atom. The van der Waals surface area contributed by atoms with E-state index >= 15 is 0 Å². The van der Waals surface area contributed by atoms with Gasteiger partial charge in [-0.2, -0.15) is 5.10 Å². The highest BCUT2D eigenvalue weighted by Crippen LogP contribution is 2.12. The molecule has 0 saturated carbocycles. The van der Waals surface area contributed by atoms with E-state index in [9.17, 15) is 13.6 Å². The van der Waals surface area contributed by atoms with Gasteiger partial charge in [-0.1, -0.05) is 6.07 Å². The van der Waals surface area contributed by atoms with Crippen molar-refractivity contribution in [3.8, 4) is 5.75 Å². The number of hydrogen-bond acceptors (Lipinski definition) is 3. The van der Waals surface area contributed by atoms with Gasteiger partial charge in [0.05, 0.1) is 18.4 Å². The Morgan fingerprint density at radius 3 is 2.41 bits per heavy atom.